The average molecular weight is 305 g/mol. The molecule has 2 rings (SSSR count). The van der Waals surface area contributed by atoms with Crippen molar-refractivity contribution in [2.24, 2.45) is 5.92 Å². The zero-order valence-electron chi connectivity index (χ0n) is 10.4. The van der Waals surface area contributed by atoms with Crippen LogP contribution in [-0.2, 0) is 10.0 Å². The molecule has 106 valence electrons. The highest BCUT2D eigenvalue weighted by atomic mass is 35.5. The quantitative estimate of drug-likeness (QED) is 0.822. The van der Waals surface area contributed by atoms with Gasteiger partial charge in [-0.05, 0) is 37.0 Å². The van der Waals surface area contributed by atoms with E-state index in [2.05, 4.69) is 0 Å². The van der Waals surface area contributed by atoms with Crippen molar-refractivity contribution in [2.75, 3.05) is 25.4 Å². The van der Waals surface area contributed by atoms with Crippen LogP contribution in [0, 0.1) is 5.92 Å². The number of nitrogens with two attached hydrogens (primary N) is 1. The first-order chi connectivity index (χ1) is 8.95. The lowest BCUT2D eigenvalue weighted by molar-refractivity contribution is 0.259. The Balaban J connectivity index is 2.23. The summed E-state index contributed by atoms with van der Waals surface area (Å²) < 4.78 is 26.3. The Kier molecular flexibility index (Phi) is 4.35. The van der Waals surface area contributed by atoms with E-state index in [1.807, 2.05) is 0 Å². The van der Waals surface area contributed by atoms with Gasteiger partial charge in [0.1, 0.15) is 4.90 Å². The van der Waals surface area contributed by atoms with Gasteiger partial charge < -0.3 is 10.8 Å². The molecule has 1 atom stereocenters. The predicted octanol–water partition coefficient (Wildman–Crippen LogP) is 1.32. The third-order valence-corrected chi connectivity index (χ3v) is 5.71. The smallest absolute Gasteiger partial charge is 0.244 e. The van der Waals surface area contributed by atoms with E-state index in [9.17, 15) is 8.42 Å². The van der Waals surface area contributed by atoms with Gasteiger partial charge >= 0.3 is 0 Å². The summed E-state index contributed by atoms with van der Waals surface area (Å²) in [5.41, 5.74) is 6.00. The number of rotatable bonds is 4. The van der Waals surface area contributed by atoms with E-state index >= 15 is 0 Å². The van der Waals surface area contributed by atoms with Crippen molar-refractivity contribution < 1.29 is 13.5 Å². The number of sulfonamides is 1. The second kappa shape index (κ2) is 5.66. The van der Waals surface area contributed by atoms with Crippen LogP contribution in [-0.4, -0.2) is 37.5 Å². The summed E-state index contributed by atoms with van der Waals surface area (Å²) in [7, 11) is -3.57. The fraction of sp³-hybridized carbons (Fsp3) is 0.500. The van der Waals surface area contributed by atoms with Crippen molar-refractivity contribution in [2.45, 2.75) is 17.7 Å². The molecule has 3 N–H and O–H groups in total. The lowest BCUT2D eigenvalue weighted by Crippen LogP contribution is -2.29. The number of nitrogen functional groups attached to an aromatic ring is 1. The molecule has 1 aromatic rings. The van der Waals surface area contributed by atoms with Gasteiger partial charge in [-0.2, -0.15) is 4.31 Å². The monoisotopic (exact) mass is 304 g/mol. The van der Waals surface area contributed by atoms with Crippen LogP contribution < -0.4 is 5.73 Å². The molecular formula is C12H17ClN2O3S. The fourth-order valence-corrected chi connectivity index (χ4v) is 4.36. The van der Waals surface area contributed by atoms with Gasteiger partial charge in [0.2, 0.25) is 10.0 Å². The molecule has 1 saturated heterocycles. The SMILES string of the molecule is Nc1ccc(S(=O)(=O)N2CCC(CCO)C2)c(Cl)c1. The Morgan fingerprint density at radius 2 is 2.21 bits per heavy atom. The molecule has 0 saturated carbocycles. The van der Waals surface area contributed by atoms with Crippen LogP contribution in [0.2, 0.25) is 5.02 Å². The second-order valence-electron chi connectivity index (χ2n) is 4.72. The average Bonchev–Trinajstić information content (AvgIpc) is 2.78. The van der Waals surface area contributed by atoms with Crippen molar-refractivity contribution in [3.63, 3.8) is 0 Å². The minimum atomic E-state index is -3.57. The van der Waals surface area contributed by atoms with Gasteiger partial charge in [0.15, 0.2) is 0 Å². The molecule has 5 nitrogen and oxygen atoms in total. The van der Waals surface area contributed by atoms with Crippen molar-refractivity contribution in [1.29, 1.82) is 0 Å². The lowest BCUT2D eigenvalue weighted by atomic mass is 10.1. The molecule has 0 spiro atoms. The highest BCUT2D eigenvalue weighted by Crippen LogP contribution is 2.30. The minimum absolute atomic E-state index is 0.0845. The molecule has 1 aromatic carbocycles. The maximum absolute atomic E-state index is 12.5. The van der Waals surface area contributed by atoms with Crippen LogP contribution >= 0.6 is 11.6 Å². The summed E-state index contributed by atoms with van der Waals surface area (Å²) in [4.78, 5) is 0.0908. The van der Waals surface area contributed by atoms with Gasteiger partial charge in [-0.1, -0.05) is 11.6 Å². The highest BCUT2D eigenvalue weighted by molar-refractivity contribution is 7.89. The Labute approximate surface area is 118 Å². The van der Waals surface area contributed by atoms with Crippen molar-refractivity contribution >= 4 is 27.3 Å². The van der Waals surface area contributed by atoms with Gasteiger partial charge in [-0.15, -0.1) is 0 Å². The minimum Gasteiger partial charge on any atom is -0.399 e. The summed E-state index contributed by atoms with van der Waals surface area (Å²) in [5.74, 6) is 0.215. The summed E-state index contributed by atoms with van der Waals surface area (Å²) in [5, 5.41) is 9.05. The zero-order valence-corrected chi connectivity index (χ0v) is 12.0. The zero-order chi connectivity index (χ0) is 14.0. The first-order valence-electron chi connectivity index (χ1n) is 6.11. The number of aliphatic hydroxyl groups excluding tert-OH is 1. The molecule has 0 aromatic heterocycles. The first-order valence-corrected chi connectivity index (χ1v) is 7.93. The molecule has 1 fully saturated rings. The van der Waals surface area contributed by atoms with E-state index < -0.39 is 10.0 Å². The summed E-state index contributed by atoms with van der Waals surface area (Å²) in [6.45, 7) is 0.985. The van der Waals surface area contributed by atoms with Crippen LogP contribution in [0.1, 0.15) is 12.8 Å². The molecule has 1 unspecified atom stereocenters. The number of hydrogen-bond donors (Lipinski definition) is 2. The Morgan fingerprint density at radius 1 is 1.47 bits per heavy atom. The number of anilines is 1. The Bertz CT molecular complexity index is 562. The van der Waals surface area contributed by atoms with E-state index in [0.29, 0.717) is 25.2 Å². The molecule has 19 heavy (non-hydrogen) atoms. The summed E-state index contributed by atoms with van der Waals surface area (Å²) in [6, 6.07) is 4.40. The van der Waals surface area contributed by atoms with Crippen LogP contribution in [0.3, 0.4) is 0 Å². The largest absolute Gasteiger partial charge is 0.399 e. The van der Waals surface area contributed by atoms with Gasteiger partial charge in [-0.25, -0.2) is 8.42 Å². The Morgan fingerprint density at radius 3 is 2.84 bits per heavy atom. The molecule has 0 amide bonds. The van der Waals surface area contributed by atoms with Crippen molar-refractivity contribution in [1.82, 2.24) is 4.31 Å². The number of nitrogens with zero attached hydrogens (tertiary/aromatic N) is 1. The predicted molar refractivity (Wildman–Crippen MR) is 74.4 cm³/mol. The summed E-state index contributed by atoms with van der Waals surface area (Å²) >= 11 is 5.96. The molecule has 1 heterocycles. The number of aliphatic hydroxyl groups is 1. The number of halogens is 1. The topological polar surface area (TPSA) is 83.6 Å². The van der Waals surface area contributed by atoms with Gasteiger partial charge in [0.25, 0.3) is 0 Å². The van der Waals surface area contributed by atoms with Crippen LogP contribution in [0.25, 0.3) is 0 Å². The summed E-state index contributed by atoms with van der Waals surface area (Å²) in [6.07, 6.45) is 1.40. The molecule has 1 aliphatic heterocycles. The fourth-order valence-electron chi connectivity index (χ4n) is 2.30. The first kappa shape index (κ1) is 14.6. The third-order valence-electron chi connectivity index (χ3n) is 3.36. The standard InChI is InChI=1S/C12H17ClN2O3S/c13-11-7-10(14)1-2-12(11)19(17,18)15-5-3-9(8-15)4-6-16/h1-2,7,9,16H,3-6,8,14H2. The molecule has 1 aliphatic rings. The van der Waals surface area contributed by atoms with E-state index in [1.165, 1.54) is 22.5 Å². The normalized spacial score (nSPS) is 20.8. The van der Waals surface area contributed by atoms with Crippen LogP contribution in [0.4, 0.5) is 5.69 Å². The maximum atomic E-state index is 12.5. The molecular weight excluding hydrogens is 288 g/mol. The van der Waals surface area contributed by atoms with Crippen molar-refractivity contribution in [3.8, 4) is 0 Å². The van der Waals surface area contributed by atoms with Gasteiger partial charge in [-0.3, -0.25) is 0 Å². The molecule has 0 aliphatic carbocycles. The van der Waals surface area contributed by atoms with E-state index in [0.717, 1.165) is 6.42 Å². The molecule has 7 heteroatoms. The second-order valence-corrected chi connectivity index (χ2v) is 7.03. The number of hydrogen-bond acceptors (Lipinski definition) is 4. The molecule has 0 bridgehead atoms. The Hall–Kier alpha value is -0.820. The lowest BCUT2D eigenvalue weighted by Gasteiger charge is -2.17. The van der Waals surface area contributed by atoms with E-state index in [1.54, 1.807) is 0 Å². The highest BCUT2D eigenvalue weighted by Gasteiger charge is 2.33. The molecule has 0 radical (unpaired) electrons. The van der Waals surface area contributed by atoms with Gasteiger partial charge in [0.05, 0.1) is 5.02 Å². The third kappa shape index (κ3) is 3.02. The maximum Gasteiger partial charge on any atom is 0.244 e. The van der Waals surface area contributed by atoms with Crippen LogP contribution in [0.5, 0.6) is 0 Å². The van der Waals surface area contributed by atoms with Crippen LogP contribution in [0.15, 0.2) is 23.1 Å². The number of benzene rings is 1. The van der Waals surface area contributed by atoms with Gasteiger partial charge in [0, 0.05) is 25.4 Å². The van der Waals surface area contributed by atoms with Crippen molar-refractivity contribution in [3.05, 3.63) is 23.2 Å². The van der Waals surface area contributed by atoms with E-state index in [-0.39, 0.29) is 22.4 Å². The van der Waals surface area contributed by atoms with E-state index in [4.69, 9.17) is 22.4 Å².